The molecule has 0 radical (unpaired) electrons. The Hall–Kier alpha value is -2.38. The molecule has 7 heteroatoms. The lowest BCUT2D eigenvalue weighted by Gasteiger charge is -2.17. The standard InChI is InChI=1S/C19H25N3O3S/c1-12(2)18(20)19(23)21-15-9-8-14(4)17(11-15)26(24,25)22-16-7-5-6-13(3)10-16/h5-12,18,22H,20H2,1-4H3,(H,21,23)/t18-/m0/s1. The Labute approximate surface area is 154 Å². The Morgan fingerprint density at radius 2 is 1.73 bits per heavy atom. The van der Waals surface area contributed by atoms with Crippen LogP contribution in [0.15, 0.2) is 47.4 Å². The van der Waals surface area contributed by atoms with Crippen LogP contribution < -0.4 is 15.8 Å². The number of rotatable bonds is 6. The van der Waals surface area contributed by atoms with Crippen LogP contribution in [0.1, 0.15) is 25.0 Å². The van der Waals surface area contributed by atoms with Gasteiger partial charge in [0.25, 0.3) is 10.0 Å². The molecule has 2 rings (SSSR count). The van der Waals surface area contributed by atoms with E-state index in [2.05, 4.69) is 10.0 Å². The molecule has 0 saturated heterocycles. The molecule has 0 heterocycles. The van der Waals surface area contributed by atoms with Crippen molar-refractivity contribution in [2.45, 2.75) is 38.6 Å². The van der Waals surface area contributed by atoms with Crippen molar-refractivity contribution >= 4 is 27.3 Å². The minimum absolute atomic E-state index is 0.0216. The topological polar surface area (TPSA) is 101 Å². The van der Waals surface area contributed by atoms with Crippen molar-refractivity contribution in [2.24, 2.45) is 11.7 Å². The number of nitrogens with two attached hydrogens (primary N) is 1. The van der Waals surface area contributed by atoms with Crippen LogP contribution >= 0.6 is 0 Å². The quantitative estimate of drug-likeness (QED) is 0.722. The van der Waals surface area contributed by atoms with Crippen LogP contribution in [0.2, 0.25) is 0 Å². The Kier molecular flexibility index (Phi) is 6.05. The molecule has 1 amide bonds. The summed E-state index contributed by atoms with van der Waals surface area (Å²) in [5, 5.41) is 2.68. The number of hydrogen-bond acceptors (Lipinski definition) is 4. The van der Waals surface area contributed by atoms with E-state index in [1.165, 1.54) is 6.07 Å². The van der Waals surface area contributed by atoms with Gasteiger partial charge in [0.15, 0.2) is 0 Å². The van der Waals surface area contributed by atoms with E-state index in [4.69, 9.17) is 5.73 Å². The van der Waals surface area contributed by atoms with Gasteiger partial charge < -0.3 is 11.1 Å². The summed E-state index contributed by atoms with van der Waals surface area (Å²) in [6.07, 6.45) is 0. The molecule has 0 aliphatic carbocycles. The van der Waals surface area contributed by atoms with Crippen LogP contribution in [0, 0.1) is 19.8 Å². The molecule has 0 aliphatic heterocycles. The van der Waals surface area contributed by atoms with Crippen molar-refractivity contribution in [3.8, 4) is 0 Å². The lowest BCUT2D eigenvalue weighted by atomic mass is 10.0. The molecule has 2 aromatic rings. The Morgan fingerprint density at radius 3 is 2.35 bits per heavy atom. The number of benzene rings is 2. The Bertz CT molecular complexity index is 908. The van der Waals surface area contributed by atoms with Gasteiger partial charge in [-0.25, -0.2) is 8.42 Å². The summed E-state index contributed by atoms with van der Waals surface area (Å²) < 4.78 is 28.1. The molecule has 140 valence electrons. The first kappa shape index (κ1) is 19.9. The number of hydrogen-bond donors (Lipinski definition) is 3. The molecule has 2 aromatic carbocycles. The van der Waals surface area contributed by atoms with Gasteiger partial charge in [-0.15, -0.1) is 0 Å². The third-order valence-electron chi connectivity index (χ3n) is 4.04. The predicted molar refractivity (Wildman–Crippen MR) is 105 cm³/mol. The summed E-state index contributed by atoms with van der Waals surface area (Å²) in [5.74, 6) is -0.370. The summed E-state index contributed by atoms with van der Waals surface area (Å²) in [6.45, 7) is 7.29. The fourth-order valence-electron chi connectivity index (χ4n) is 2.41. The average molecular weight is 375 g/mol. The van der Waals surface area contributed by atoms with Gasteiger partial charge in [0, 0.05) is 11.4 Å². The van der Waals surface area contributed by atoms with Gasteiger partial charge in [-0.3, -0.25) is 9.52 Å². The molecule has 26 heavy (non-hydrogen) atoms. The highest BCUT2D eigenvalue weighted by atomic mass is 32.2. The van der Waals surface area contributed by atoms with Crippen molar-refractivity contribution in [1.82, 2.24) is 0 Å². The molecule has 6 nitrogen and oxygen atoms in total. The molecular formula is C19H25N3O3S. The van der Waals surface area contributed by atoms with Crippen LogP contribution in [0.3, 0.4) is 0 Å². The van der Waals surface area contributed by atoms with E-state index in [1.54, 1.807) is 37.3 Å². The zero-order valence-electron chi connectivity index (χ0n) is 15.4. The molecule has 0 saturated carbocycles. The number of anilines is 2. The lowest BCUT2D eigenvalue weighted by molar-refractivity contribution is -0.118. The normalized spacial score (nSPS) is 12.7. The highest BCUT2D eigenvalue weighted by Crippen LogP contribution is 2.23. The zero-order valence-corrected chi connectivity index (χ0v) is 16.2. The first-order valence-electron chi connectivity index (χ1n) is 8.37. The maximum atomic E-state index is 12.8. The van der Waals surface area contributed by atoms with E-state index in [1.807, 2.05) is 26.8 Å². The average Bonchev–Trinajstić information content (AvgIpc) is 2.55. The van der Waals surface area contributed by atoms with Gasteiger partial charge in [-0.05, 0) is 55.2 Å². The van der Waals surface area contributed by atoms with Gasteiger partial charge in [-0.1, -0.05) is 32.0 Å². The highest BCUT2D eigenvalue weighted by molar-refractivity contribution is 7.92. The van der Waals surface area contributed by atoms with Gasteiger partial charge in [0.05, 0.1) is 10.9 Å². The molecule has 1 atom stereocenters. The van der Waals surface area contributed by atoms with Crippen molar-refractivity contribution in [3.63, 3.8) is 0 Å². The van der Waals surface area contributed by atoms with Crippen molar-refractivity contribution < 1.29 is 13.2 Å². The Morgan fingerprint density at radius 1 is 1.04 bits per heavy atom. The van der Waals surface area contributed by atoms with Crippen LogP contribution in [-0.2, 0) is 14.8 Å². The van der Waals surface area contributed by atoms with E-state index >= 15 is 0 Å². The summed E-state index contributed by atoms with van der Waals surface area (Å²) in [7, 11) is -3.79. The van der Waals surface area contributed by atoms with Gasteiger partial charge in [0.2, 0.25) is 5.91 Å². The van der Waals surface area contributed by atoms with Crippen molar-refractivity contribution in [2.75, 3.05) is 10.0 Å². The zero-order chi connectivity index (χ0) is 19.5. The number of carbonyl (C=O) groups is 1. The summed E-state index contributed by atoms with van der Waals surface area (Å²) in [4.78, 5) is 12.2. The van der Waals surface area contributed by atoms with Gasteiger partial charge in [0.1, 0.15) is 0 Å². The summed E-state index contributed by atoms with van der Waals surface area (Å²) >= 11 is 0. The van der Waals surface area contributed by atoms with Gasteiger partial charge in [-0.2, -0.15) is 0 Å². The number of nitrogens with one attached hydrogen (secondary N) is 2. The van der Waals surface area contributed by atoms with E-state index < -0.39 is 16.1 Å². The van der Waals surface area contributed by atoms with Crippen molar-refractivity contribution in [1.29, 1.82) is 0 Å². The molecule has 0 spiro atoms. The third-order valence-corrected chi connectivity index (χ3v) is 5.56. The first-order valence-corrected chi connectivity index (χ1v) is 9.85. The minimum Gasteiger partial charge on any atom is -0.325 e. The van der Waals surface area contributed by atoms with Gasteiger partial charge >= 0.3 is 0 Å². The first-order chi connectivity index (χ1) is 12.1. The van der Waals surface area contributed by atoms with Crippen LogP contribution in [0.5, 0.6) is 0 Å². The second-order valence-corrected chi connectivity index (χ2v) is 8.37. The molecule has 0 fully saturated rings. The maximum absolute atomic E-state index is 12.8. The monoisotopic (exact) mass is 375 g/mol. The van der Waals surface area contributed by atoms with Crippen LogP contribution in [0.25, 0.3) is 0 Å². The number of aryl methyl sites for hydroxylation is 2. The highest BCUT2D eigenvalue weighted by Gasteiger charge is 2.20. The second kappa shape index (κ2) is 7.88. The lowest BCUT2D eigenvalue weighted by Crippen LogP contribution is -2.39. The van der Waals surface area contributed by atoms with Crippen molar-refractivity contribution in [3.05, 3.63) is 53.6 Å². The van der Waals surface area contributed by atoms with Crippen LogP contribution in [0.4, 0.5) is 11.4 Å². The summed E-state index contributed by atoms with van der Waals surface area (Å²) in [6, 6.07) is 11.2. The number of amides is 1. The molecule has 0 aliphatic rings. The minimum atomic E-state index is -3.79. The Balaban J connectivity index is 2.29. The molecule has 4 N–H and O–H groups in total. The number of sulfonamides is 1. The molecular weight excluding hydrogens is 350 g/mol. The van der Waals surface area contributed by atoms with E-state index in [-0.39, 0.29) is 16.7 Å². The SMILES string of the molecule is Cc1cccc(NS(=O)(=O)c2cc(NC(=O)[C@@H](N)C(C)C)ccc2C)c1. The molecule has 0 unspecified atom stereocenters. The van der Waals surface area contributed by atoms with E-state index in [9.17, 15) is 13.2 Å². The predicted octanol–water partition coefficient (Wildman–Crippen LogP) is 3.03. The second-order valence-electron chi connectivity index (χ2n) is 6.71. The van der Waals surface area contributed by atoms with Crippen LogP contribution in [-0.4, -0.2) is 20.4 Å². The summed E-state index contributed by atoms with van der Waals surface area (Å²) in [5.41, 5.74) is 8.24. The largest absolute Gasteiger partial charge is 0.325 e. The molecule has 0 bridgehead atoms. The van der Waals surface area contributed by atoms with E-state index in [0.717, 1.165) is 5.56 Å². The maximum Gasteiger partial charge on any atom is 0.262 e. The third kappa shape index (κ3) is 4.83. The molecule has 0 aromatic heterocycles. The number of carbonyl (C=O) groups excluding carboxylic acids is 1. The van der Waals surface area contributed by atoms with E-state index in [0.29, 0.717) is 16.9 Å². The fraction of sp³-hybridized carbons (Fsp3) is 0.316. The fourth-order valence-corrected chi connectivity index (χ4v) is 3.74. The smallest absolute Gasteiger partial charge is 0.262 e.